The average Bonchev–Trinajstić information content (AvgIpc) is 3.01. The molecule has 1 fully saturated rings. The lowest BCUT2D eigenvalue weighted by Crippen LogP contribution is -2.51. The van der Waals surface area contributed by atoms with E-state index in [1.165, 1.54) is 5.56 Å². The fourth-order valence-electron chi connectivity index (χ4n) is 2.84. The molecule has 0 spiro atoms. The summed E-state index contributed by atoms with van der Waals surface area (Å²) in [5.41, 5.74) is 2.81. The molecule has 2 aromatic rings. The van der Waals surface area contributed by atoms with E-state index in [0.29, 0.717) is 31.2 Å². The average molecular weight is 329 g/mol. The molecule has 128 valence electrons. The first-order valence-electron chi connectivity index (χ1n) is 8.21. The van der Waals surface area contributed by atoms with Gasteiger partial charge in [-0.25, -0.2) is 9.78 Å². The van der Waals surface area contributed by atoms with Gasteiger partial charge in [-0.05, 0) is 32.9 Å². The molecule has 6 heteroatoms. The molecular formula is C18H23N3O3. The molecule has 1 aromatic carbocycles. The number of nitrogens with zero attached hydrogens (tertiary/aromatic N) is 2. The Bertz CT molecular complexity index is 686. The van der Waals surface area contributed by atoms with Crippen LogP contribution in [0.15, 0.2) is 34.9 Å². The minimum atomic E-state index is -0.100. The van der Waals surface area contributed by atoms with Gasteiger partial charge in [-0.15, -0.1) is 0 Å². The fourth-order valence-corrected chi connectivity index (χ4v) is 2.84. The standard InChI is InChI=1S/C18H23N3O3/c1-12-4-6-15(7-5-12)17-20-16(11-23-17)8-19-18(22)21-9-13(2)24-14(3)10-21/h4-7,11,13-14H,8-10H2,1-3H3,(H,19,22)/t13-,14-/m1/s1. The Hall–Kier alpha value is -2.34. The van der Waals surface area contributed by atoms with Crippen molar-refractivity contribution >= 4 is 6.03 Å². The van der Waals surface area contributed by atoms with Crippen LogP contribution in [0.1, 0.15) is 25.1 Å². The third-order valence-electron chi connectivity index (χ3n) is 3.98. The van der Waals surface area contributed by atoms with Crippen molar-refractivity contribution in [3.8, 4) is 11.5 Å². The molecular weight excluding hydrogens is 306 g/mol. The minimum Gasteiger partial charge on any atom is -0.444 e. The number of aryl methyl sites for hydroxylation is 1. The molecule has 0 aliphatic carbocycles. The van der Waals surface area contributed by atoms with Crippen molar-refractivity contribution < 1.29 is 13.9 Å². The number of morpholine rings is 1. The van der Waals surface area contributed by atoms with Crippen LogP contribution in [0.25, 0.3) is 11.5 Å². The second-order valence-corrected chi connectivity index (χ2v) is 6.33. The highest BCUT2D eigenvalue weighted by atomic mass is 16.5. The van der Waals surface area contributed by atoms with E-state index in [9.17, 15) is 4.79 Å². The number of urea groups is 1. The molecule has 3 rings (SSSR count). The van der Waals surface area contributed by atoms with Gasteiger partial charge in [0.1, 0.15) is 6.26 Å². The zero-order valence-corrected chi connectivity index (χ0v) is 14.3. The topological polar surface area (TPSA) is 67.6 Å². The molecule has 1 aromatic heterocycles. The number of aromatic nitrogens is 1. The summed E-state index contributed by atoms with van der Waals surface area (Å²) in [4.78, 5) is 18.5. The lowest BCUT2D eigenvalue weighted by molar-refractivity contribution is -0.0545. The maximum atomic E-state index is 12.3. The number of hydrogen-bond acceptors (Lipinski definition) is 4. The van der Waals surface area contributed by atoms with Crippen LogP contribution in [0.2, 0.25) is 0 Å². The van der Waals surface area contributed by atoms with Gasteiger partial charge < -0.3 is 19.4 Å². The SMILES string of the molecule is Cc1ccc(-c2nc(CNC(=O)N3C[C@@H](C)O[C@H](C)C3)co2)cc1. The molecule has 24 heavy (non-hydrogen) atoms. The quantitative estimate of drug-likeness (QED) is 0.940. The van der Waals surface area contributed by atoms with Crippen LogP contribution in [-0.2, 0) is 11.3 Å². The predicted molar refractivity (Wildman–Crippen MR) is 90.5 cm³/mol. The zero-order valence-electron chi connectivity index (χ0n) is 14.3. The molecule has 0 bridgehead atoms. The number of hydrogen-bond donors (Lipinski definition) is 1. The van der Waals surface area contributed by atoms with Crippen LogP contribution in [0, 0.1) is 6.92 Å². The first-order chi connectivity index (χ1) is 11.5. The van der Waals surface area contributed by atoms with Gasteiger partial charge in [-0.3, -0.25) is 0 Å². The van der Waals surface area contributed by atoms with Crippen molar-refractivity contribution in [3.05, 3.63) is 41.8 Å². The summed E-state index contributed by atoms with van der Waals surface area (Å²) in [5, 5.41) is 2.89. The summed E-state index contributed by atoms with van der Waals surface area (Å²) in [6.45, 7) is 7.53. The van der Waals surface area contributed by atoms with E-state index < -0.39 is 0 Å². The highest BCUT2D eigenvalue weighted by Crippen LogP contribution is 2.19. The van der Waals surface area contributed by atoms with Crippen LogP contribution < -0.4 is 5.32 Å². The maximum absolute atomic E-state index is 12.3. The Balaban J connectivity index is 1.57. The van der Waals surface area contributed by atoms with E-state index in [-0.39, 0.29) is 18.2 Å². The molecule has 1 aliphatic rings. The number of oxazole rings is 1. The summed E-state index contributed by atoms with van der Waals surface area (Å²) < 4.78 is 11.1. The summed E-state index contributed by atoms with van der Waals surface area (Å²) >= 11 is 0. The van der Waals surface area contributed by atoms with E-state index in [0.717, 1.165) is 5.56 Å². The highest BCUT2D eigenvalue weighted by molar-refractivity contribution is 5.74. The molecule has 2 atom stereocenters. The van der Waals surface area contributed by atoms with E-state index in [1.54, 1.807) is 11.2 Å². The molecule has 2 amide bonds. The lowest BCUT2D eigenvalue weighted by Gasteiger charge is -2.35. The largest absolute Gasteiger partial charge is 0.444 e. The first-order valence-corrected chi connectivity index (χ1v) is 8.21. The Kier molecular flexibility index (Phi) is 4.85. The Morgan fingerprint density at radius 1 is 1.25 bits per heavy atom. The number of benzene rings is 1. The van der Waals surface area contributed by atoms with Crippen LogP contribution in [0.3, 0.4) is 0 Å². The number of carbonyl (C=O) groups is 1. The van der Waals surface area contributed by atoms with Crippen molar-refractivity contribution in [1.82, 2.24) is 15.2 Å². The third kappa shape index (κ3) is 3.94. The van der Waals surface area contributed by atoms with Crippen molar-refractivity contribution in [3.63, 3.8) is 0 Å². The smallest absolute Gasteiger partial charge is 0.317 e. The molecule has 1 aliphatic heterocycles. The molecule has 0 unspecified atom stereocenters. The van der Waals surface area contributed by atoms with E-state index in [4.69, 9.17) is 9.15 Å². The van der Waals surface area contributed by atoms with Crippen LogP contribution in [0.4, 0.5) is 4.79 Å². The maximum Gasteiger partial charge on any atom is 0.317 e. The molecule has 1 saturated heterocycles. The van der Waals surface area contributed by atoms with Crippen molar-refractivity contribution in [2.24, 2.45) is 0 Å². The van der Waals surface area contributed by atoms with E-state index in [1.807, 2.05) is 45.0 Å². The van der Waals surface area contributed by atoms with Gasteiger partial charge in [-0.1, -0.05) is 17.7 Å². The van der Waals surface area contributed by atoms with Crippen LogP contribution in [-0.4, -0.2) is 41.2 Å². The Morgan fingerprint density at radius 2 is 1.92 bits per heavy atom. The zero-order chi connectivity index (χ0) is 17.1. The predicted octanol–water partition coefficient (Wildman–Crippen LogP) is 2.97. The fraction of sp³-hybridized carbons (Fsp3) is 0.444. The van der Waals surface area contributed by atoms with Gasteiger partial charge in [0.15, 0.2) is 0 Å². The Morgan fingerprint density at radius 3 is 2.58 bits per heavy atom. The Labute approximate surface area is 141 Å². The van der Waals surface area contributed by atoms with Gasteiger partial charge >= 0.3 is 6.03 Å². The van der Waals surface area contributed by atoms with Gasteiger partial charge in [0, 0.05) is 18.7 Å². The number of nitrogens with one attached hydrogen (secondary N) is 1. The van der Waals surface area contributed by atoms with Gasteiger partial charge in [0.2, 0.25) is 5.89 Å². The molecule has 1 N–H and O–H groups in total. The number of ether oxygens (including phenoxy) is 1. The van der Waals surface area contributed by atoms with Crippen molar-refractivity contribution in [1.29, 1.82) is 0 Å². The molecule has 0 radical (unpaired) electrons. The molecule has 0 saturated carbocycles. The highest BCUT2D eigenvalue weighted by Gasteiger charge is 2.25. The summed E-state index contributed by atoms with van der Waals surface area (Å²) in [7, 11) is 0. The van der Waals surface area contributed by atoms with E-state index in [2.05, 4.69) is 10.3 Å². The number of carbonyl (C=O) groups excluding carboxylic acids is 1. The first kappa shape index (κ1) is 16.5. The third-order valence-corrected chi connectivity index (χ3v) is 3.98. The van der Waals surface area contributed by atoms with Crippen LogP contribution >= 0.6 is 0 Å². The number of amides is 2. The van der Waals surface area contributed by atoms with E-state index >= 15 is 0 Å². The minimum absolute atomic E-state index is 0.0553. The summed E-state index contributed by atoms with van der Waals surface area (Å²) in [6, 6.07) is 7.88. The number of rotatable bonds is 3. The summed E-state index contributed by atoms with van der Waals surface area (Å²) in [5.74, 6) is 0.563. The normalized spacial score (nSPS) is 20.9. The monoisotopic (exact) mass is 329 g/mol. The summed E-state index contributed by atoms with van der Waals surface area (Å²) in [6.07, 6.45) is 1.69. The van der Waals surface area contributed by atoms with Gasteiger partial charge in [-0.2, -0.15) is 0 Å². The second-order valence-electron chi connectivity index (χ2n) is 6.33. The van der Waals surface area contributed by atoms with Gasteiger partial charge in [0.25, 0.3) is 0 Å². The van der Waals surface area contributed by atoms with Crippen molar-refractivity contribution in [2.75, 3.05) is 13.1 Å². The van der Waals surface area contributed by atoms with Crippen LogP contribution in [0.5, 0.6) is 0 Å². The van der Waals surface area contributed by atoms with Gasteiger partial charge in [0.05, 0.1) is 24.4 Å². The second kappa shape index (κ2) is 7.05. The molecule has 6 nitrogen and oxygen atoms in total. The lowest BCUT2D eigenvalue weighted by atomic mass is 10.1. The molecule has 2 heterocycles. The van der Waals surface area contributed by atoms with Crippen molar-refractivity contribution in [2.45, 2.75) is 39.5 Å².